The molecule has 1 aliphatic rings. The van der Waals surface area contributed by atoms with Crippen LogP contribution in [0.3, 0.4) is 0 Å². The Morgan fingerprint density at radius 3 is 2.80 bits per heavy atom. The van der Waals surface area contributed by atoms with Gasteiger partial charge in [-0.15, -0.1) is 0 Å². The molecule has 0 N–H and O–H groups in total. The molecule has 2 aromatic carbocycles. The zero-order valence-electron chi connectivity index (χ0n) is 14.4. The van der Waals surface area contributed by atoms with E-state index in [9.17, 15) is 4.79 Å². The lowest BCUT2D eigenvalue weighted by atomic mass is 9.97. The molecule has 3 aromatic rings. The highest BCUT2D eigenvalue weighted by atomic mass is 16.2. The topological polar surface area (TPSA) is 46.1 Å². The van der Waals surface area contributed by atoms with Crippen LogP contribution in [0.15, 0.2) is 54.9 Å². The number of hydrogen-bond donors (Lipinski definition) is 0. The van der Waals surface area contributed by atoms with Gasteiger partial charge in [0.1, 0.15) is 5.69 Å². The fourth-order valence-corrected chi connectivity index (χ4v) is 3.69. The maximum absolute atomic E-state index is 12.8. The molecule has 4 nitrogen and oxygen atoms in total. The summed E-state index contributed by atoms with van der Waals surface area (Å²) in [6, 6.07) is 15.1. The van der Waals surface area contributed by atoms with Gasteiger partial charge in [0.25, 0.3) is 5.91 Å². The van der Waals surface area contributed by atoms with Gasteiger partial charge in [0.05, 0.1) is 11.9 Å². The molecule has 1 amide bonds. The number of amides is 1. The second-order valence-corrected chi connectivity index (χ2v) is 6.68. The van der Waals surface area contributed by atoms with Gasteiger partial charge >= 0.3 is 0 Å². The van der Waals surface area contributed by atoms with Gasteiger partial charge in [-0.1, -0.05) is 42.5 Å². The first-order valence-electron chi connectivity index (χ1n) is 8.78. The maximum Gasteiger partial charge on any atom is 0.274 e. The molecule has 0 radical (unpaired) electrons. The molecule has 4 rings (SSSR count). The van der Waals surface area contributed by atoms with Crippen LogP contribution in [0.4, 0.5) is 0 Å². The smallest absolute Gasteiger partial charge is 0.274 e. The molecule has 0 unspecified atom stereocenters. The molecule has 126 valence electrons. The number of carbonyl (C=O) groups is 1. The average molecular weight is 331 g/mol. The SMILES string of the molecule is Cc1cnc(C(=O)N2CCC[C@H]2Cc2cccc3ccccc23)cn1. The molecule has 4 heteroatoms. The maximum atomic E-state index is 12.8. The third kappa shape index (κ3) is 3.12. The van der Waals surface area contributed by atoms with Crippen LogP contribution < -0.4 is 0 Å². The van der Waals surface area contributed by atoms with Crippen LogP contribution >= 0.6 is 0 Å². The van der Waals surface area contributed by atoms with Crippen molar-refractivity contribution in [3.8, 4) is 0 Å². The molecule has 1 aliphatic heterocycles. The normalized spacial score (nSPS) is 17.2. The molecule has 0 spiro atoms. The number of likely N-dealkylation sites (tertiary alicyclic amines) is 1. The first-order valence-corrected chi connectivity index (χ1v) is 8.78. The highest BCUT2D eigenvalue weighted by Gasteiger charge is 2.30. The molecule has 2 heterocycles. The van der Waals surface area contributed by atoms with Crippen LogP contribution in [0, 0.1) is 6.92 Å². The van der Waals surface area contributed by atoms with Gasteiger partial charge in [-0.25, -0.2) is 4.98 Å². The molecule has 0 aliphatic carbocycles. The van der Waals surface area contributed by atoms with Crippen molar-refractivity contribution in [2.45, 2.75) is 32.2 Å². The molecule has 0 bridgehead atoms. The van der Waals surface area contributed by atoms with Gasteiger partial charge in [-0.3, -0.25) is 9.78 Å². The first kappa shape index (κ1) is 15.8. The van der Waals surface area contributed by atoms with Crippen LogP contribution in [0.2, 0.25) is 0 Å². The molecule has 1 fully saturated rings. The minimum atomic E-state index is -0.00441. The Hall–Kier alpha value is -2.75. The summed E-state index contributed by atoms with van der Waals surface area (Å²) in [5.74, 6) is -0.00441. The average Bonchev–Trinajstić information content (AvgIpc) is 3.10. The van der Waals surface area contributed by atoms with Gasteiger partial charge in [-0.05, 0) is 42.5 Å². The zero-order chi connectivity index (χ0) is 17.2. The lowest BCUT2D eigenvalue weighted by Crippen LogP contribution is -2.37. The summed E-state index contributed by atoms with van der Waals surface area (Å²) in [5, 5.41) is 2.53. The van der Waals surface area contributed by atoms with Crippen LogP contribution in [-0.4, -0.2) is 33.4 Å². The number of carbonyl (C=O) groups excluding carboxylic acids is 1. The minimum Gasteiger partial charge on any atom is -0.334 e. The summed E-state index contributed by atoms with van der Waals surface area (Å²) in [5.41, 5.74) is 2.57. The van der Waals surface area contributed by atoms with E-state index >= 15 is 0 Å². The van der Waals surface area contributed by atoms with Crippen molar-refractivity contribution in [3.63, 3.8) is 0 Å². The van der Waals surface area contributed by atoms with Crippen LogP contribution in [0.5, 0.6) is 0 Å². The molecule has 25 heavy (non-hydrogen) atoms. The number of rotatable bonds is 3. The Bertz CT molecular complexity index is 899. The molecule has 1 saturated heterocycles. The summed E-state index contributed by atoms with van der Waals surface area (Å²) >= 11 is 0. The highest BCUT2D eigenvalue weighted by Crippen LogP contribution is 2.26. The largest absolute Gasteiger partial charge is 0.334 e. The van der Waals surface area contributed by atoms with E-state index in [1.807, 2.05) is 11.8 Å². The second-order valence-electron chi connectivity index (χ2n) is 6.68. The van der Waals surface area contributed by atoms with Crippen LogP contribution in [-0.2, 0) is 6.42 Å². The van der Waals surface area contributed by atoms with E-state index in [0.717, 1.165) is 31.5 Å². The van der Waals surface area contributed by atoms with Gasteiger partial charge in [0.2, 0.25) is 0 Å². The summed E-state index contributed by atoms with van der Waals surface area (Å²) in [7, 11) is 0. The van der Waals surface area contributed by atoms with Crippen LogP contribution in [0.25, 0.3) is 10.8 Å². The van der Waals surface area contributed by atoms with E-state index < -0.39 is 0 Å². The standard InChI is InChI=1S/C21H21N3O/c1-15-13-23-20(14-22-15)21(25)24-11-5-9-18(24)12-17-8-4-7-16-6-2-3-10-19(16)17/h2-4,6-8,10,13-14,18H,5,9,11-12H2,1H3/t18-/m0/s1. The quantitative estimate of drug-likeness (QED) is 0.733. The van der Waals surface area contributed by atoms with Crippen molar-refractivity contribution in [3.05, 3.63) is 71.8 Å². The van der Waals surface area contributed by atoms with Crippen molar-refractivity contribution in [1.29, 1.82) is 0 Å². The summed E-state index contributed by atoms with van der Waals surface area (Å²) in [6.07, 6.45) is 6.20. The Morgan fingerprint density at radius 2 is 1.96 bits per heavy atom. The predicted molar refractivity (Wildman–Crippen MR) is 98.5 cm³/mol. The third-order valence-corrected chi connectivity index (χ3v) is 4.97. The number of fused-ring (bicyclic) bond motifs is 1. The van der Waals surface area contributed by atoms with Crippen molar-refractivity contribution in [2.75, 3.05) is 6.54 Å². The number of aromatic nitrogens is 2. The fourth-order valence-electron chi connectivity index (χ4n) is 3.69. The zero-order valence-corrected chi connectivity index (χ0v) is 14.4. The predicted octanol–water partition coefficient (Wildman–Crippen LogP) is 3.79. The van der Waals surface area contributed by atoms with Crippen molar-refractivity contribution < 1.29 is 4.79 Å². The van der Waals surface area contributed by atoms with Crippen LogP contribution in [0.1, 0.15) is 34.6 Å². The van der Waals surface area contributed by atoms with Gasteiger partial charge < -0.3 is 4.90 Å². The van der Waals surface area contributed by atoms with E-state index in [0.29, 0.717) is 5.69 Å². The van der Waals surface area contributed by atoms with Crippen molar-refractivity contribution in [2.24, 2.45) is 0 Å². The summed E-state index contributed by atoms with van der Waals surface area (Å²) in [6.45, 7) is 2.67. The molecule has 1 aromatic heterocycles. The molecular formula is C21H21N3O. The third-order valence-electron chi connectivity index (χ3n) is 4.97. The number of aryl methyl sites for hydroxylation is 1. The lowest BCUT2D eigenvalue weighted by molar-refractivity contribution is 0.0730. The molecule has 0 saturated carbocycles. The first-order chi connectivity index (χ1) is 12.2. The Balaban J connectivity index is 1.59. The second kappa shape index (κ2) is 6.63. The minimum absolute atomic E-state index is 0.00441. The van der Waals surface area contributed by atoms with Crippen molar-refractivity contribution >= 4 is 16.7 Å². The summed E-state index contributed by atoms with van der Waals surface area (Å²) < 4.78 is 0. The van der Waals surface area contributed by atoms with Gasteiger partial charge in [0.15, 0.2) is 0 Å². The number of hydrogen-bond acceptors (Lipinski definition) is 3. The van der Waals surface area contributed by atoms with E-state index in [2.05, 4.69) is 52.4 Å². The highest BCUT2D eigenvalue weighted by molar-refractivity contribution is 5.92. The Kier molecular flexibility index (Phi) is 4.18. The van der Waals surface area contributed by atoms with E-state index in [1.165, 1.54) is 16.3 Å². The van der Waals surface area contributed by atoms with Crippen molar-refractivity contribution in [1.82, 2.24) is 14.9 Å². The Morgan fingerprint density at radius 1 is 1.12 bits per heavy atom. The van der Waals surface area contributed by atoms with E-state index in [1.54, 1.807) is 12.4 Å². The monoisotopic (exact) mass is 331 g/mol. The number of nitrogens with zero attached hydrogens (tertiary/aromatic N) is 3. The lowest BCUT2D eigenvalue weighted by Gasteiger charge is -2.25. The van der Waals surface area contributed by atoms with Gasteiger partial charge in [0, 0.05) is 18.8 Å². The van der Waals surface area contributed by atoms with E-state index in [-0.39, 0.29) is 11.9 Å². The van der Waals surface area contributed by atoms with Gasteiger partial charge in [-0.2, -0.15) is 0 Å². The Labute approximate surface area is 147 Å². The molecular weight excluding hydrogens is 310 g/mol. The number of benzene rings is 2. The molecule has 1 atom stereocenters. The van der Waals surface area contributed by atoms with E-state index in [4.69, 9.17) is 0 Å². The fraction of sp³-hybridized carbons (Fsp3) is 0.286. The summed E-state index contributed by atoms with van der Waals surface area (Å²) in [4.78, 5) is 23.3.